The van der Waals surface area contributed by atoms with Crippen LogP contribution in [0, 0.1) is 6.92 Å². The van der Waals surface area contributed by atoms with Crippen LogP contribution in [0.4, 0.5) is 0 Å². The minimum atomic E-state index is -2.30. The standard InChI is InChI=1S/C26H26Si/c1-20-11-10-16-25(18-20)27(23-12-6-4-7-13-23,24-14-8-5-9-15-24)26-19-21(2)17-22(26)3/h4-18H,19H2,1-3H3. The highest BCUT2D eigenvalue weighted by Crippen LogP contribution is 2.32. The zero-order valence-electron chi connectivity index (χ0n) is 16.4. The molecule has 3 aromatic rings. The molecule has 4 rings (SSSR count). The molecule has 0 saturated heterocycles. The molecule has 0 heterocycles. The molecular weight excluding hydrogens is 340 g/mol. The van der Waals surface area contributed by atoms with Crippen LogP contribution in [0.25, 0.3) is 0 Å². The van der Waals surface area contributed by atoms with Crippen molar-refractivity contribution >= 4 is 23.6 Å². The van der Waals surface area contributed by atoms with Crippen LogP contribution in [0.15, 0.2) is 107 Å². The van der Waals surface area contributed by atoms with Gasteiger partial charge >= 0.3 is 0 Å². The number of rotatable bonds is 4. The fourth-order valence-electron chi connectivity index (χ4n) is 4.63. The first kappa shape index (κ1) is 17.8. The molecule has 0 nitrogen and oxygen atoms in total. The Hall–Kier alpha value is -2.64. The maximum Gasteiger partial charge on any atom is 0.176 e. The lowest BCUT2D eigenvalue weighted by Crippen LogP contribution is -2.68. The highest BCUT2D eigenvalue weighted by molar-refractivity contribution is 7.16. The Kier molecular flexibility index (Phi) is 4.71. The van der Waals surface area contributed by atoms with E-state index in [0.717, 1.165) is 6.42 Å². The van der Waals surface area contributed by atoms with E-state index in [1.807, 2.05) is 0 Å². The molecule has 0 radical (unpaired) electrons. The number of hydrogen-bond donors (Lipinski definition) is 0. The van der Waals surface area contributed by atoms with Crippen LogP contribution in [0.5, 0.6) is 0 Å². The van der Waals surface area contributed by atoms with E-state index in [-0.39, 0.29) is 0 Å². The first-order valence-electron chi connectivity index (χ1n) is 9.68. The summed E-state index contributed by atoms with van der Waals surface area (Å²) in [6.45, 7) is 6.77. The van der Waals surface area contributed by atoms with E-state index >= 15 is 0 Å². The monoisotopic (exact) mass is 366 g/mol. The molecule has 0 N–H and O–H groups in total. The summed E-state index contributed by atoms with van der Waals surface area (Å²) in [5.41, 5.74) is 4.25. The largest absolute Gasteiger partial charge is 0.176 e. The third-order valence-corrected chi connectivity index (χ3v) is 10.8. The van der Waals surface area contributed by atoms with Crippen molar-refractivity contribution in [1.82, 2.24) is 0 Å². The first-order chi connectivity index (χ1) is 13.1. The molecule has 1 aliphatic carbocycles. The molecule has 1 heteroatoms. The number of benzene rings is 3. The SMILES string of the molecule is CC1=CC(C)=C([Si](c2ccccc2)(c2ccccc2)c2cccc(C)c2)C1. The van der Waals surface area contributed by atoms with Crippen molar-refractivity contribution in [1.29, 1.82) is 0 Å². The van der Waals surface area contributed by atoms with Gasteiger partial charge in [-0.2, -0.15) is 0 Å². The van der Waals surface area contributed by atoms with Gasteiger partial charge in [-0.25, -0.2) is 0 Å². The summed E-state index contributed by atoms with van der Waals surface area (Å²) in [7, 11) is -2.30. The van der Waals surface area contributed by atoms with Crippen molar-refractivity contribution in [2.24, 2.45) is 0 Å². The molecule has 0 fully saturated rings. The first-order valence-corrected chi connectivity index (χ1v) is 11.7. The lowest BCUT2D eigenvalue weighted by molar-refractivity contribution is 1.21. The second-order valence-electron chi connectivity index (χ2n) is 7.68. The van der Waals surface area contributed by atoms with Crippen LogP contribution in [0.3, 0.4) is 0 Å². The topological polar surface area (TPSA) is 0 Å². The smallest absolute Gasteiger partial charge is 0.0694 e. The number of aryl methyl sites for hydroxylation is 1. The van der Waals surface area contributed by atoms with Gasteiger partial charge in [0.25, 0.3) is 0 Å². The van der Waals surface area contributed by atoms with Crippen molar-refractivity contribution in [2.75, 3.05) is 0 Å². The summed E-state index contributed by atoms with van der Waals surface area (Å²) in [4.78, 5) is 0. The third kappa shape index (κ3) is 3.02. The molecular formula is C26H26Si. The fraction of sp³-hybridized carbons (Fsp3) is 0.154. The molecule has 3 aromatic carbocycles. The second kappa shape index (κ2) is 7.17. The van der Waals surface area contributed by atoms with Crippen LogP contribution in [-0.4, -0.2) is 8.07 Å². The zero-order chi connectivity index (χ0) is 18.9. The molecule has 134 valence electrons. The van der Waals surface area contributed by atoms with Gasteiger partial charge in [-0.15, -0.1) is 0 Å². The molecule has 0 aliphatic heterocycles. The molecule has 0 bridgehead atoms. The number of allylic oxidation sites excluding steroid dienone is 4. The summed E-state index contributed by atoms with van der Waals surface area (Å²) < 4.78 is 0. The Morgan fingerprint density at radius 3 is 1.67 bits per heavy atom. The van der Waals surface area contributed by atoms with Crippen LogP contribution in [0.1, 0.15) is 25.8 Å². The highest BCUT2D eigenvalue weighted by atomic mass is 28.3. The van der Waals surface area contributed by atoms with Gasteiger partial charge < -0.3 is 0 Å². The fourth-order valence-corrected chi connectivity index (χ4v) is 10.1. The van der Waals surface area contributed by atoms with E-state index in [1.165, 1.54) is 32.3 Å². The molecule has 0 aromatic heterocycles. The summed E-state index contributed by atoms with van der Waals surface area (Å²) in [6, 6.07) is 31.6. The quantitative estimate of drug-likeness (QED) is 0.465. The van der Waals surface area contributed by atoms with Crippen molar-refractivity contribution in [3.8, 4) is 0 Å². The van der Waals surface area contributed by atoms with E-state index in [2.05, 4.69) is 112 Å². The normalized spacial score (nSPS) is 14.4. The Morgan fingerprint density at radius 1 is 0.630 bits per heavy atom. The summed E-state index contributed by atoms with van der Waals surface area (Å²) in [5.74, 6) is 0. The van der Waals surface area contributed by atoms with Gasteiger partial charge in [0, 0.05) is 0 Å². The average Bonchev–Trinajstić information content (AvgIpc) is 3.03. The molecule has 0 spiro atoms. The van der Waals surface area contributed by atoms with E-state index < -0.39 is 8.07 Å². The average molecular weight is 367 g/mol. The van der Waals surface area contributed by atoms with Gasteiger partial charge in [-0.3, -0.25) is 0 Å². The van der Waals surface area contributed by atoms with Crippen molar-refractivity contribution in [2.45, 2.75) is 27.2 Å². The number of hydrogen-bond acceptors (Lipinski definition) is 0. The van der Waals surface area contributed by atoms with Crippen LogP contribution < -0.4 is 15.6 Å². The lowest BCUT2D eigenvalue weighted by Gasteiger charge is -2.36. The van der Waals surface area contributed by atoms with E-state index in [0.29, 0.717) is 0 Å². The van der Waals surface area contributed by atoms with Crippen molar-refractivity contribution in [3.63, 3.8) is 0 Å². The Bertz CT molecular complexity index is 971. The van der Waals surface area contributed by atoms with Gasteiger partial charge in [0.1, 0.15) is 0 Å². The van der Waals surface area contributed by atoms with Gasteiger partial charge in [-0.1, -0.05) is 113 Å². The summed E-state index contributed by atoms with van der Waals surface area (Å²) >= 11 is 0. The zero-order valence-corrected chi connectivity index (χ0v) is 17.4. The van der Waals surface area contributed by atoms with E-state index in [4.69, 9.17) is 0 Å². The maximum absolute atomic E-state index is 2.42. The van der Waals surface area contributed by atoms with Crippen molar-refractivity contribution < 1.29 is 0 Å². The van der Waals surface area contributed by atoms with Crippen LogP contribution >= 0.6 is 0 Å². The van der Waals surface area contributed by atoms with Crippen molar-refractivity contribution in [3.05, 3.63) is 113 Å². The predicted octanol–water partition coefficient (Wildman–Crippen LogP) is 4.67. The third-order valence-electron chi connectivity index (χ3n) is 5.71. The molecule has 1 aliphatic rings. The van der Waals surface area contributed by atoms with Crippen LogP contribution in [-0.2, 0) is 0 Å². The molecule has 0 amide bonds. The lowest BCUT2D eigenvalue weighted by atomic mass is 10.2. The second-order valence-corrected chi connectivity index (χ2v) is 11.5. The highest BCUT2D eigenvalue weighted by Gasteiger charge is 2.44. The minimum absolute atomic E-state index is 1.08. The summed E-state index contributed by atoms with van der Waals surface area (Å²) in [5, 5.41) is 6.05. The van der Waals surface area contributed by atoms with E-state index in [9.17, 15) is 0 Å². The Morgan fingerprint density at radius 2 is 1.19 bits per heavy atom. The Balaban J connectivity index is 2.12. The Labute approximate surface area is 163 Å². The molecule has 0 unspecified atom stereocenters. The van der Waals surface area contributed by atoms with Gasteiger partial charge in [0.2, 0.25) is 0 Å². The minimum Gasteiger partial charge on any atom is -0.0694 e. The maximum atomic E-state index is 2.42. The predicted molar refractivity (Wildman–Crippen MR) is 120 cm³/mol. The van der Waals surface area contributed by atoms with Gasteiger partial charge in [0.05, 0.1) is 0 Å². The molecule has 0 saturated carbocycles. The molecule has 27 heavy (non-hydrogen) atoms. The van der Waals surface area contributed by atoms with Gasteiger partial charge in [-0.05, 0) is 42.8 Å². The van der Waals surface area contributed by atoms with E-state index in [1.54, 1.807) is 5.20 Å². The van der Waals surface area contributed by atoms with Gasteiger partial charge in [0.15, 0.2) is 8.07 Å². The summed E-state index contributed by atoms with van der Waals surface area (Å²) in [6.07, 6.45) is 3.47. The molecule has 0 atom stereocenters. The van der Waals surface area contributed by atoms with Crippen LogP contribution in [0.2, 0.25) is 0 Å².